The number of fused-ring (bicyclic) bond motifs is 2. The van der Waals surface area contributed by atoms with Gasteiger partial charge in [0.25, 0.3) is 15.9 Å². The molecule has 182 valence electrons. The van der Waals surface area contributed by atoms with Crippen LogP contribution in [0.1, 0.15) is 57.4 Å². The molecule has 0 aromatic heterocycles. The number of carbonyl (C=O) groups excluding carboxylic acids is 1. The van der Waals surface area contributed by atoms with E-state index in [-0.39, 0.29) is 16.6 Å². The lowest BCUT2D eigenvalue weighted by atomic mass is 9.70. The zero-order chi connectivity index (χ0) is 23.9. The number of ether oxygens (including phenoxy) is 2. The van der Waals surface area contributed by atoms with Crippen molar-refractivity contribution in [1.82, 2.24) is 0 Å². The second-order valence-corrected chi connectivity index (χ2v) is 11.1. The summed E-state index contributed by atoms with van der Waals surface area (Å²) in [6.45, 7) is 4.29. The van der Waals surface area contributed by atoms with Crippen LogP contribution in [0.3, 0.4) is 0 Å². The summed E-state index contributed by atoms with van der Waals surface area (Å²) >= 11 is 0. The molecule has 1 saturated carbocycles. The summed E-state index contributed by atoms with van der Waals surface area (Å²) in [6.07, 6.45) is 6.36. The number of anilines is 2. The highest BCUT2D eigenvalue weighted by atomic mass is 32.2. The third-order valence-corrected chi connectivity index (χ3v) is 9.19. The van der Waals surface area contributed by atoms with Gasteiger partial charge in [-0.2, -0.15) is 0 Å². The first-order chi connectivity index (χ1) is 16.4. The number of benzene rings is 2. The van der Waals surface area contributed by atoms with Crippen LogP contribution in [0.4, 0.5) is 11.4 Å². The molecule has 0 radical (unpaired) electrons. The van der Waals surface area contributed by atoms with Crippen LogP contribution in [0.2, 0.25) is 0 Å². The third kappa shape index (κ3) is 3.54. The normalized spacial score (nSPS) is 19.5. The Morgan fingerprint density at radius 3 is 2.38 bits per heavy atom. The fourth-order valence-corrected chi connectivity index (χ4v) is 7.41. The molecule has 1 aliphatic carbocycles. The van der Waals surface area contributed by atoms with Crippen molar-refractivity contribution >= 4 is 27.3 Å². The summed E-state index contributed by atoms with van der Waals surface area (Å²) in [5.74, 6) is 0.557. The Morgan fingerprint density at radius 1 is 0.971 bits per heavy atom. The van der Waals surface area contributed by atoms with Gasteiger partial charge in [0.1, 0.15) is 16.4 Å². The third-order valence-electron chi connectivity index (χ3n) is 7.45. The van der Waals surface area contributed by atoms with E-state index in [1.807, 2.05) is 19.1 Å². The molecule has 3 aliphatic rings. The van der Waals surface area contributed by atoms with Gasteiger partial charge in [-0.3, -0.25) is 4.79 Å². The van der Waals surface area contributed by atoms with E-state index in [1.165, 1.54) is 7.11 Å². The van der Waals surface area contributed by atoms with Gasteiger partial charge >= 0.3 is 0 Å². The fourth-order valence-electron chi connectivity index (χ4n) is 5.77. The van der Waals surface area contributed by atoms with E-state index in [2.05, 4.69) is 4.90 Å². The topological polar surface area (TPSA) is 76.2 Å². The van der Waals surface area contributed by atoms with Crippen molar-refractivity contribution in [1.29, 1.82) is 0 Å². The molecule has 34 heavy (non-hydrogen) atoms. The summed E-state index contributed by atoms with van der Waals surface area (Å²) in [4.78, 5) is 16.2. The van der Waals surface area contributed by atoms with Crippen molar-refractivity contribution in [2.75, 3.05) is 36.0 Å². The molecule has 5 rings (SSSR count). The molecule has 2 fully saturated rings. The van der Waals surface area contributed by atoms with E-state index in [4.69, 9.17) is 9.47 Å². The van der Waals surface area contributed by atoms with Gasteiger partial charge in [0, 0.05) is 24.8 Å². The largest absolute Gasteiger partial charge is 0.495 e. The maximum Gasteiger partial charge on any atom is 0.274 e. The lowest BCUT2D eigenvalue weighted by Gasteiger charge is -2.32. The minimum atomic E-state index is -4.19. The van der Waals surface area contributed by atoms with Crippen LogP contribution < -0.4 is 18.7 Å². The fraction of sp³-hybridized carbons (Fsp3) is 0.500. The van der Waals surface area contributed by atoms with Gasteiger partial charge in [-0.05, 0) is 68.5 Å². The molecular formula is C26H32N2O5S. The standard InChI is InChI=1S/C26H32N2O5S/c1-3-33-20-10-11-22-21(18-20)26(13-5-4-6-14-26)25(29)28(22)34(30,31)24-12-9-19(17-23(24)32-2)27-15-7-8-16-27/h9-12,17-18H,3-8,13-16H2,1-2H3. The first kappa shape index (κ1) is 23.0. The number of rotatable bonds is 6. The average Bonchev–Trinajstić information content (AvgIpc) is 3.46. The molecule has 0 bridgehead atoms. The number of hydrogen-bond donors (Lipinski definition) is 0. The summed E-state index contributed by atoms with van der Waals surface area (Å²) in [6, 6.07) is 10.5. The van der Waals surface area contributed by atoms with Crippen LogP contribution in [-0.2, 0) is 20.2 Å². The van der Waals surface area contributed by atoms with Gasteiger partial charge in [-0.25, -0.2) is 12.7 Å². The molecule has 2 aliphatic heterocycles. The Morgan fingerprint density at radius 2 is 1.71 bits per heavy atom. The first-order valence-electron chi connectivity index (χ1n) is 12.2. The summed E-state index contributed by atoms with van der Waals surface area (Å²) in [7, 11) is -2.71. The van der Waals surface area contributed by atoms with Crippen molar-refractivity contribution in [3.05, 3.63) is 42.0 Å². The Labute approximate surface area is 201 Å². The van der Waals surface area contributed by atoms with Gasteiger partial charge in [-0.1, -0.05) is 19.3 Å². The quantitative estimate of drug-likeness (QED) is 0.595. The van der Waals surface area contributed by atoms with Crippen LogP contribution in [0, 0.1) is 0 Å². The van der Waals surface area contributed by atoms with E-state index < -0.39 is 15.4 Å². The van der Waals surface area contributed by atoms with Gasteiger partial charge in [-0.15, -0.1) is 0 Å². The summed E-state index contributed by atoms with van der Waals surface area (Å²) in [5.41, 5.74) is 1.31. The van der Waals surface area contributed by atoms with Crippen molar-refractivity contribution in [2.24, 2.45) is 0 Å². The van der Waals surface area contributed by atoms with E-state index in [0.29, 0.717) is 30.9 Å². The number of methoxy groups -OCH3 is 1. The van der Waals surface area contributed by atoms with Crippen molar-refractivity contribution in [3.8, 4) is 11.5 Å². The summed E-state index contributed by atoms with van der Waals surface area (Å²) in [5, 5.41) is 0. The number of hydrogen-bond acceptors (Lipinski definition) is 6. The molecule has 0 atom stereocenters. The zero-order valence-electron chi connectivity index (χ0n) is 19.9. The van der Waals surface area contributed by atoms with Gasteiger partial charge < -0.3 is 14.4 Å². The highest BCUT2D eigenvalue weighted by Gasteiger charge is 2.55. The molecule has 2 heterocycles. The lowest BCUT2D eigenvalue weighted by Crippen LogP contribution is -2.44. The lowest BCUT2D eigenvalue weighted by molar-refractivity contribution is -0.123. The minimum absolute atomic E-state index is 0.0130. The highest BCUT2D eigenvalue weighted by molar-refractivity contribution is 7.93. The van der Waals surface area contributed by atoms with Crippen LogP contribution in [0.15, 0.2) is 41.3 Å². The second kappa shape index (κ2) is 8.80. The first-order valence-corrected chi connectivity index (χ1v) is 13.7. The van der Waals surface area contributed by atoms with E-state index in [1.54, 1.807) is 24.3 Å². The second-order valence-electron chi connectivity index (χ2n) is 9.36. The van der Waals surface area contributed by atoms with Gasteiger partial charge in [0.05, 0.1) is 24.8 Å². The Hall–Kier alpha value is -2.74. The molecule has 0 N–H and O–H groups in total. The monoisotopic (exact) mass is 484 g/mol. The molecule has 0 unspecified atom stereocenters. The van der Waals surface area contributed by atoms with Crippen molar-refractivity contribution in [3.63, 3.8) is 0 Å². The molecule has 1 spiro atoms. The van der Waals surface area contributed by atoms with Gasteiger partial charge in [0.15, 0.2) is 0 Å². The number of sulfonamides is 1. The van der Waals surface area contributed by atoms with E-state index in [0.717, 1.165) is 60.7 Å². The SMILES string of the molecule is CCOc1ccc2c(c1)C1(CCCCC1)C(=O)N2S(=O)(=O)c1ccc(N2CCCC2)cc1OC. The zero-order valence-corrected chi connectivity index (χ0v) is 20.7. The molecule has 2 aromatic carbocycles. The Bertz CT molecular complexity index is 1200. The van der Waals surface area contributed by atoms with Crippen molar-refractivity contribution < 1.29 is 22.7 Å². The molecule has 1 amide bonds. The Kier molecular flexibility index (Phi) is 5.96. The molecule has 8 heteroatoms. The number of carbonyl (C=O) groups is 1. The number of amides is 1. The Balaban J connectivity index is 1.61. The van der Waals surface area contributed by atoms with E-state index in [9.17, 15) is 13.2 Å². The summed E-state index contributed by atoms with van der Waals surface area (Å²) < 4.78 is 40.3. The van der Waals surface area contributed by atoms with Crippen molar-refractivity contribution in [2.45, 2.75) is 62.2 Å². The molecule has 7 nitrogen and oxygen atoms in total. The minimum Gasteiger partial charge on any atom is -0.495 e. The van der Waals surface area contributed by atoms with Gasteiger partial charge in [0.2, 0.25) is 0 Å². The van der Waals surface area contributed by atoms with E-state index >= 15 is 0 Å². The van der Waals surface area contributed by atoms with Crippen LogP contribution >= 0.6 is 0 Å². The average molecular weight is 485 g/mol. The van der Waals surface area contributed by atoms with Crippen LogP contribution in [0.5, 0.6) is 11.5 Å². The van der Waals surface area contributed by atoms with Crippen LogP contribution in [-0.4, -0.2) is 41.1 Å². The molecular weight excluding hydrogens is 452 g/mol. The number of nitrogens with zero attached hydrogens (tertiary/aromatic N) is 2. The van der Waals surface area contributed by atoms with Crippen LogP contribution in [0.25, 0.3) is 0 Å². The molecule has 1 saturated heterocycles. The predicted molar refractivity (Wildman–Crippen MR) is 131 cm³/mol. The maximum atomic E-state index is 14.0. The predicted octanol–water partition coefficient (Wildman–Crippen LogP) is 4.63. The smallest absolute Gasteiger partial charge is 0.274 e. The molecule has 2 aromatic rings. The maximum absolute atomic E-state index is 14.0. The highest BCUT2D eigenvalue weighted by Crippen LogP contribution is 2.53.